The van der Waals surface area contributed by atoms with Gasteiger partial charge in [0.15, 0.2) is 0 Å². The highest BCUT2D eigenvalue weighted by Gasteiger charge is 2.22. The van der Waals surface area contributed by atoms with Crippen molar-refractivity contribution in [3.63, 3.8) is 0 Å². The van der Waals surface area contributed by atoms with E-state index in [-0.39, 0.29) is 0 Å². The SMILES string of the molecule is Cc1c(C)c(C)c(-c2c(C)c(C)c(C=CC3CCC(C/C=C/F)CC3)c(C)c2C)c(C)c1C. The van der Waals surface area contributed by atoms with E-state index in [0.717, 1.165) is 6.42 Å². The van der Waals surface area contributed by atoms with E-state index in [1.165, 1.54) is 92.4 Å². The molecule has 0 nitrogen and oxygen atoms in total. The van der Waals surface area contributed by atoms with Gasteiger partial charge in [-0.2, -0.15) is 0 Å². The summed E-state index contributed by atoms with van der Waals surface area (Å²) >= 11 is 0. The molecule has 178 valence electrons. The van der Waals surface area contributed by atoms with Crippen LogP contribution >= 0.6 is 0 Å². The Morgan fingerprint density at radius 3 is 1.48 bits per heavy atom. The molecule has 0 aromatic heterocycles. The van der Waals surface area contributed by atoms with Gasteiger partial charge >= 0.3 is 0 Å². The van der Waals surface area contributed by atoms with Gasteiger partial charge < -0.3 is 0 Å². The third-order valence-corrected chi connectivity index (χ3v) is 8.92. The summed E-state index contributed by atoms with van der Waals surface area (Å²) in [6.07, 6.45) is 13.0. The molecule has 0 spiro atoms. The van der Waals surface area contributed by atoms with Crippen molar-refractivity contribution in [2.75, 3.05) is 0 Å². The number of halogens is 1. The Balaban J connectivity index is 1.98. The fraction of sp³-hybridized carbons (Fsp3) is 0.500. The summed E-state index contributed by atoms with van der Waals surface area (Å²) in [5.74, 6) is 1.29. The minimum Gasteiger partial charge on any atom is -0.216 e. The highest BCUT2D eigenvalue weighted by atomic mass is 19.1. The monoisotopic (exact) mass is 446 g/mol. The third kappa shape index (κ3) is 4.88. The van der Waals surface area contributed by atoms with Crippen LogP contribution in [0.1, 0.15) is 87.7 Å². The van der Waals surface area contributed by atoms with Gasteiger partial charge in [-0.15, -0.1) is 0 Å². The van der Waals surface area contributed by atoms with Gasteiger partial charge in [-0.3, -0.25) is 0 Å². The van der Waals surface area contributed by atoms with Crippen LogP contribution in [0.3, 0.4) is 0 Å². The molecule has 33 heavy (non-hydrogen) atoms. The predicted octanol–water partition coefficient (Wildman–Crippen LogP) is 9.82. The zero-order valence-electron chi connectivity index (χ0n) is 22.4. The molecule has 0 unspecified atom stereocenters. The maximum atomic E-state index is 12.3. The van der Waals surface area contributed by atoms with Crippen LogP contribution < -0.4 is 0 Å². The molecule has 0 amide bonds. The molecular formula is C32H43F. The molecule has 0 bridgehead atoms. The minimum absolute atomic E-state index is 0.640. The van der Waals surface area contributed by atoms with E-state index in [9.17, 15) is 4.39 Å². The molecule has 0 radical (unpaired) electrons. The molecule has 0 atom stereocenters. The van der Waals surface area contributed by atoms with Crippen molar-refractivity contribution in [3.05, 3.63) is 74.1 Å². The molecule has 0 aliphatic heterocycles. The maximum absolute atomic E-state index is 12.3. The molecule has 0 heterocycles. The van der Waals surface area contributed by atoms with Crippen LogP contribution in [0.4, 0.5) is 4.39 Å². The molecule has 1 saturated carbocycles. The van der Waals surface area contributed by atoms with Crippen molar-refractivity contribution in [1.82, 2.24) is 0 Å². The summed E-state index contributed by atoms with van der Waals surface area (Å²) in [6, 6.07) is 0. The first kappa shape index (κ1) is 25.5. The number of allylic oxidation sites excluding steroid dienone is 2. The van der Waals surface area contributed by atoms with Crippen LogP contribution in [-0.4, -0.2) is 0 Å². The summed E-state index contributed by atoms with van der Waals surface area (Å²) in [5, 5.41) is 0. The fourth-order valence-electron chi connectivity index (χ4n) is 5.93. The van der Waals surface area contributed by atoms with Gasteiger partial charge in [0.05, 0.1) is 6.33 Å². The van der Waals surface area contributed by atoms with Crippen LogP contribution in [0.5, 0.6) is 0 Å². The minimum atomic E-state index is 0.640. The van der Waals surface area contributed by atoms with Crippen molar-refractivity contribution in [1.29, 1.82) is 0 Å². The molecule has 1 heteroatoms. The first-order valence-corrected chi connectivity index (χ1v) is 12.7. The molecule has 1 fully saturated rings. The number of benzene rings is 2. The standard InChI is InChI=1S/C32H43F/c1-19-20(2)24(6)31(25(7)21(19)3)32-26(8)22(4)30(23(5)27(32)9)17-16-29-14-12-28(13-15-29)11-10-18-33/h10,16-18,28-29H,11-15H2,1-9H3/b17-16?,18-10+. The molecule has 1 aliphatic rings. The first-order chi connectivity index (χ1) is 15.6. The number of hydrogen-bond acceptors (Lipinski definition) is 0. The van der Waals surface area contributed by atoms with E-state index >= 15 is 0 Å². The lowest BCUT2D eigenvalue weighted by atomic mass is 9.78. The zero-order chi connectivity index (χ0) is 24.4. The molecule has 3 rings (SSSR count). The normalized spacial score (nSPS) is 19.2. The highest BCUT2D eigenvalue weighted by molar-refractivity contribution is 5.83. The lowest BCUT2D eigenvalue weighted by Gasteiger charge is -2.26. The van der Waals surface area contributed by atoms with Crippen molar-refractivity contribution in [2.45, 2.75) is 94.4 Å². The van der Waals surface area contributed by atoms with Crippen molar-refractivity contribution < 1.29 is 4.39 Å². The summed E-state index contributed by atoms with van der Waals surface area (Å²) < 4.78 is 12.3. The Labute approximate surface area is 202 Å². The zero-order valence-corrected chi connectivity index (χ0v) is 22.4. The van der Waals surface area contributed by atoms with E-state index in [1.54, 1.807) is 6.08 Å². The first-order valence-electron chi connectivity index (χ1n) is 12.7. The van der Waals surface area contributed by atoms with Gasteiger partial charge in [0.1, 0.15) is 0 Å². The van der Waals surface area contributed by atoms with E-state index in [2.05, 4.69) is 74.5 Å². The van der Waals surface area contributed by atoms with Gasteiger partial charge in [-0.1, -0.05) is 18.2 Å². The second kappa shape index (κ2) is 10.4. The molecule has 1 aliphatic carbocycles. The van der Waals surface area contributed by atoms with Gasteiger partial charge in [0.25, 0.3) is 0 Å². The predicted molar refractivity (Wildman–Crippen MR) is 144 cm³/mol. The summed E-state index contributed by atoms with van der Waals surface area (Å²) in [7, 11) is 0. The second-order valence-electron chi connectivity index (χ2n) is 10.5. The van der Waals surface area contributed by atoms with Crippen LogP contribution in [0.15, 0.2) is 18.5 Å². The number of hydrogen-bond donors (Lipinski definition) is 0. The number of rotatable bonds is 5. The average molecular weight is 447 g/mol. The van der Waals surface area contributed by atoms with E-state index in [4.69, 9.17) is 0 Å². The summed E-state index contributed by atoms with van der Waals surface area (Å²) in [4.78, 5) is 0. The Morgan fingerprint density at radius 1 is 0.606 bits per heavy atom. The highest BCUT2D eigenvalue weighted by Crippen LogP contribution is 2.41. The topological polar surface area (TPSA) is 0 Å². The Morgan fingerprint density at radius 2 is 1.03 bits per heavy atom. The Hall–Kier alpha value is -2.15. The van der Waals surface area contributed by atoms with Gasteiger partial charge in [0, 0.05) is 0 Å². The third-order valence-electron chi connectivity index (χ3n) is 8.92. The van der Waals surface area contributed by atoms with Crippen LogP contribution in [0.25, 0.3) is 17.2 Å². The summed E-state index contributed by atoms with van der Waals surface area (Å²) in [6.45, 7) is 20.6. The molecule has 2 aromatic rings. The van der Waals surface area contributed by atoms with E-state index < -0.39 is 0 Å². The van der Waals surface area contributed by atoms with Gasteiger partial charge in [0.2, 0.25) is 0 Å². The summed E-state index contributed by atoms with van der Waals surface area (Å²) in [5.41, 5.74) is 17.0. The van der Waals surface area contributed by atoms with E-state index in [0.29, 0.717) is 18.2 Å². The second-order valence-corrected chi connectivity index (χ2v) is 10.5. The molecule has 0 saturated heterocycles. The van der Waals surface area contributed by atoms with Crippen LogP contribution in [0, 0.1) is 74.1 Å². The fourth-order valence-corrected chi connectivity index (χ4v) is 5.93. The van der Waals surface area contributed by atoms with Gasteiger partial charge in [-0.05, 0) is 173 Å². The van der Waals surface area contributed by atoms with Crippen molar-refractivity contribution in [2.24, 2.45) is 11.8 Å². The quantitative estimate of drug-likeness (QED) is 0.428. The Kier molecular flexibility index (Phi) is 8.04. The average Bonchev–Trinajstić information content (AvgIpc) is 2.81. The van der Waals surface area contributed by atoms with Crippen LogP contribution in [0.2, 0.25) is 0 Å². The molecular weight excluding hydrogens is 403 g/mol. The smallest absolute Gasteiger partial charge is 0.0827 e. The molecule has 2 aromatic carbocycles. The largest absolute Gasteiger partial charge is 0.216 e. The van der Waals surface area contributed by atoms with E-state index in [1.807, 2.05) is 0 Å². The lowest BCUT2D eigenvalue weighted by molar-refractivity contribution is 0.312. The lowest BCUT2D eigenvalue weighted by Crippen LogP contribution is -2.12. The van der Waals surface area contributed by atoms with Crippen molar-refractivity contribution in [3.8, 4) is 11.1 Å². The van der Waals surface area contributed by atoms with Gasteiger partial charge in [-0.25, -0.2) is 4.39 Å². The van der Waals surface area contributed by atoms with Crippen molar-refractivity contribution >= 4 is 6.08 Å². The Bertz CT molecular complexity index is 1030. The van der Waals surface area contributed by atoms with Crippen LogP contribution in [-0.2, 0) is 0 Å². The molecule has 0 N–H and O–H groups in total. The maximum Gasteiger partial charge on any atom is 0.0827 e.